The van der Waals surface area contributed by atoms with Crippen molar-refractivity contribution in [2.24, 2.45) is 0 Å². The van der Waals surface area contributed by atoms with E-state index < -0.39 is 0 Å². The number of thioether (sulfide) groups is 1. The molecule has 0 saturated heterocycles. The van der Waals surface area contributed by atoms with Crippen molar-refractivity contribution in [2.45, 2.75) is 25.5 Å². The van der Waals surface area contributed by atoms with Gasteiger partial charge in [0.15, 0.2) is 10.9 Å². The van der Waals surface area contributed by atoms with Crippen LogP contribution in [0.25, 0.3) is 16.8 Å². The van der Waals surface area contributed by atoms with Crippen LogP contribution in [0, 0.1) is 13.8 Å². The maximum atomic E-state index is 12.8. The molecule has 0 bridgehead atoms. The Morgan fingerprint density at radius 1 is 1.30 bits per heavy atom. The SMILES string of the molecule is COCCn1c(C)cc(C(=O)CSc2n[nH]c3nc4ccccc4n23)c1C. The van der Waals surface area contributed by atoms with Crippen molar-refractivity contribution in [3.63, 3.8) is 0 Å². The third kappa shape index (κ3) is 3.15. The van der Waals surface area contributed by atoms with Crippen molar-refractivity contribution in [1.82, 2.24) is 24.1 Å². The first kappa shape index (κ1) is 17.8. The molecule has 0 amide bonds. The summed E-state index contributed by atoms with van der Waals surface area (Å²) in [4.78, 5) is 17.3. The fourth-order valence-electron chi connectivity index (χ4n) is 3.36. The number of imidazole rings is 1. The third-order valence-corrected chi connectivity index (χ3v) is 5.67. The van der Waals surface area contributed by atoms with Crippen molar-refractivity contribution < 1.29 is 9.53 Å². The molecule has 140 valence electrons. The number of ether oxygens (including phenoxy) is 1. The smallest absolute Gasteiger partial charge is 0.231 e. The Hall–Kier alpha value is -2.58. The summed E-state index contributed by atoms with van der Waals surface area (Å²) in [7, 11) is 1.68. The van der Waals surface area contributed by atoms with E-state index in [2.05, 4.69) is 19.7 Å². The van der Waals surface area contributed by atoms with Crippen molar-refractivity contribution in [2.75, 3.05) is 19.5 Å². The van der Waals surface area contributed by atoms with Crippen molar-refractivity contribution in [3.05, 3.63) is 47.3 Å². The van der Waals surface area contributed by atoms with E-state index in [0.717, 1.165) is 39.7 Å². The van der Waals surface area contributed by atoms with Gasteiger partial charge in [-0.2, -0.15) is 0 Å². The number of nitrogens with zero attached hydrogens (tertiary/aromatic N) is 4. The largest absolute Gasteiger partial charge is 0.383 e. The first-order valence-corrected chi connectivity index (χ1v) is 9.72. The van der Waals surface area contributed by atoms with Crippen LogP contribution in [0.15, 0.2) is 35.5 Å². The van der Waals surface area contributed by atoms with Gasteiger partial charge in [-0.15, -0.1) is 5.10 Å². The molecular formula is C19H21N5O2S. The van der Waals surface area contributed by atoms with E-state index >= 15 is 0 Å². The second-order valence-corrected chi connectivity index (χ2v) is 7.35. The minimum atomic E-state index is 0.0948. The van der Waals surface area contributed by atoms with Crippen LogP contribution in [0.2, 0.25) is 0 Å². The molecule has 1 N–H and O–H groups in total. The molecule has 1 aromatic carbocycles. The fourth-order valence-corrected chi connectivity index (χ4v) is 4.20. The third-order valence-electron chi connectivity index (χ3n) is 4.73. The zero-order chi connectivity index (χ0) is 19.0. The zero-order valence-electron chi connectivity index (χ0n) is 15.5. The number of ketones is 1. The predicted molar refractivity (Wildman–Crippen MR) is 106 cm³/mol. The molecule has 0 unspecified atom stereocenters. The van der Waals surface area contributed by atoms with Gasteiger partial charge in [0.05, 0.1) is 23.4 Å². The van der Waals surface area contributed by atoms with Crippen LogP contribution < -0.4 is 0 Å². The molecule has 27 heavy (non-hydrogen) atoms. The molecule has 0 aliphatic heterocycles. The number of nitrogens with one attached hydrogen (secondary N) is 1. The number of aromatic amines is 1. The predicted octanol–water partition coefficient (Wildman–Crippen LogP) is 3.25. The highest BCUT2D eigenvalue weighted by atomic mass is 32.2. The van der Waals surface area contributed by atoms with Crippen LogP contribution in [0.4, 0.5) is 0 Å². The summed E-state index contributed by atoms with van der Waals surface area (Å²) in [6.07, 6.45) is 0. The summed E-state index contributed by atoms with van der Waals surface area (Å²) in [6.45, 7) is 5.37. The van der Waals surface area contributed by atoms with Crippen LogP contribution in [0.5, 0.6) is 0 Å². The molecule has 0 aliphatic rings. The van der Waals surface area contributed by atoms with Gasteiger partial charge in [-0.1, -0.05) is 23.9 Å². The molecule has 0 aliphatic carbocycles. The van der Waals surface area contributed by atoms with Crippen LogP contribution in [-0.2, 0) is 11.3 Å². The number of carbonyl (C=O) groups excluding carboxylic acids is 1. The topological polar surface area (TPSA) is 77.2 Å². The van der Waals surface area contributed by atoms with Crippen molar-refractivity contribution in [1.29, 1.82) is 0 Å². The lowest BCUT2D eigenvalue weighted by molar-refractivity contribution is 0.102. The molecule has 0 radical (unpaired) electrons. The van der Waals surface area contributed by atoms with E-state index in [1.54, 1.807) is 7.11 Å². The molecule has 7 nitrogen and oxygen atoms in total. The lowest BCUT2D eigenvalue weighted by Gasteiger charge is -2.08. The maximum Gasteiger partial charge on any atom is 0.231 e. The quantitative estimate of drug-likeness (QED) is 0.392. The standard InChI is InChI=1S/C19H21N5O2S/c1-12-10-14(13(2)23(12)8-9-26-3)17(25)11-27-19-22-21-18-20-15-6-4-5-7-16(15)24(18)19/h4-7,10H,8-9,11H2,1-3H3,(H,20,21). The Labute approximate surface area is 160 Å². The number of aryl methyl sites for hydroxylation is 1. The van der Waals surface area contributed by atoms with Gasteiger partial charge in [0.1, 0.15) is 0 Å². The monoisotopic (exact) mass is 383 g/mol. The molecular weight excluding hydrogens is 362 g/mol. The van der Waals surface area contributed by atoms with Gasteiger partial charge in [-0.3, -0.25) is 9.20 Å². The van der Waals surface area contributed by atoms with E-state index in [9.17, 15) is 4.79 Å². The molecule has 8 heteroatoms. The number of fused-ring (bicyclic) bond motifs is 3. The maximum absolute atomic E-state index is 12.8. The van der Waals surface area contributed by atoms with E-state index in [1.165, 1.54) is 11.8 Å². The highest BCUT2D eigenvalue weighted by Crippen LogP contribution is 2.24. The number of aromatic nitrogens is 5. The minimum Gasteiger partial charge on any atom is -0.383 e. The summed E-state index contributed by atoms with van der Waals surface area (Å²) >= 11 is 1.42. The summed E-state index contributed by atoms with van der Waals surface area (Å²) in [5.41, 5.74) is 4.70. The van der Waals surface area contributed by atoms with Gasteiger partial charge in [0.25, 0.3) is 0 Å². The average molecular weight is 383 g/mol. The molecule has 0 fully saturated rings. The molecule has 0 atom stereocenters. The fraction of sp³-hybridized carbons (Fsp3) is 0.316. The first-order chi connectivity index (χ1) is 13.1. The van der Waals surface area contributed by atoms with E-state index in [-0.39, 0.29) is 5.78 Å². The number of hydrogen-bond acceptors (Lipinski definition) is 5. The van der Waals surface area contributed by atoms with Crippen LogP contribution >= 0.6 is 11.8 Å². The molecule has 4 aromatic rings. The number of carbonyl (C=O) groups is 1. The Morgan fingerprint density at radius 3 is 2.93 bits per heavy atom. The number of hydrogen-bond donors (Lipinski definition) is 1. The van der Waals surface area contributed by atoms with Crippen LogP contribution in [0.3, 0.4) is 0 Å². The summed E-state index contributed by atoms with van der Waals surface area (Å²) in [6, 6.07) is 9.85. The van der Waals surface area contributed by atoms with Gasteiger partial charge < -0.3 is 9.30 Å². The Bertz CT molecular complexity index is 1120. The van der Waals surface area contributed by atoms with Crippen LogP contribution in [-0.4, -0.2) is 49.4 Å². The van der Waals surface area contributed by atoms with Gasteiger partial charge in [-0.05, 0) is 32.0 Å². The first-order valence-electron chi connectivity index (χ1n) is 8.73. The average Bonchev–Trinajstić information content (AvgIpc) is 3.31. The Balaban J connectivity index is 1.56. The Morgan fingerprint density at radius 2 is 2.11 bits per heavy atom. The number of rotatable bonds is 7. The highest BCUT2D eigenvalue weighted by Gasteiger charge is 2.18. The van der Waals surface area contributed by atoms with Gasteiger partial charge >= 0.3 is 0 Å². The molecule has 3 aromatic heterocycles. The number of para-hydroxylation sites is 2. The van der Waals surface area contributed by atoms with Crippen molar-refractivity contribution >= 4 is 34.4 Å². The molecule has 3 heterocycles. The molecule has 0 spiro atoms. The number of methoxy groups -OCH3 is 1. The van der Waals surface area contributed by atoms with E-state index in [0.29, 0.717) is 18.1 Å². The number of Topliss-reactive ketones (excluding diaryl/α,β-unsaturated/α-hetero) is 1. The van der Waals surface area contributed by atoms with E-state index in [4.69, 9.17) is 4.74 Å². The molecule has 0 saturated carbocycles. The number of benzene rings is 1. The van der Waals surface area contributed by atoms with Gasteiger partial charge in [0, 0.05) is 30.6 Å². The minimum absolute atomic E-state index is 0.0948. The van der Waals surface area contributed by atoms with Gasteiger partial charge in [-0.25, -0.2) is 10.1 Å². The highest BCUT2D eigenvalue weighted by molar-refractivity contribution is 7.99. The summed E-state index contributed by atoms with van der Waals surface area (Å²) in [5.74, 6) is 1.10. The Kier molecular flexibility index (Phi) is 4.75. The normalized spacial score (nSPS) is 11.7. The second kappa shape index (κ2) is 7.21. The van der Waals surface area contributed by atoms with E-state index in [1.807, 2.05) is 48.6 Å². The molecule has 4 rings (SSSR count). The zero-order valence-corrected chi connectivity index (χ0v) is 16.3. The lowest BCUT2D eigenvalue weighted by Crippen LogP contribution is -2.09. The van der Waals surface area contributed by atoms with Crippen molar-refractivity contribution in [3.8, 4) is 0 Å². The number of H-pyrrole nitrogens is 1. The second-order valence-electron chi connectivity index (χ2n) is 6.41. The van der Waals surface area contributed by atoms with Crippen LogP contribution in [0.1, 0.15) is 21.7 Å². The lowest BCUT2D eigenvalue weighted by atomic mass is 10.2. The summed E-state index contributed by atoms with van der Waals surface area (Å²) in [5, 5.41) is 8.00. The summed E-state index contributed by atoms with van der Waals surface area (Å²) < 4.78 is 9.24. The van der Waals surface area contributed by atoms with Gasteiger partial charge in [0.2, 0.25) is 5.78 Å².